The van der Waals surface area contributed by atoms with Crippen molar-refractivity contribution in [2.45, 2.75) is 26.7 Å². The van der Waals surface area contributed by atoms with E-state index < -0.39 is 0 Å². The van der Waals surface area contributed by atoms with E-state index in [4.69, 9.17) is 4.74 Å². The highest BCUT2D eigenvalue weighted by Gasteiger charge is 2.10. The fourth-order valence-electron chi connectivity index (χ4n) is 3.02. The highest BCUT2D eigenvalue weighted by atomic mass is 16.5. The molecule has 3 heteroatoms. The summed E-state index contributed by atoms with van der Waals surface area (Å²) in [4.78, 5) is 12.6. The molecule has 0 aliphatic carbocycles. The van der Waals surface area contributed by atoms with Crippen LogP contribution < -0.4 is 10.1 Å². The summed E-state index contributed by atoms with van der Waals surface area (Å²) in [5.74, 6) is 0.669. The Bertz CT molecular complexity index is 886. The Morgan fingerprint density at radius 1 is 0.926 bits per heavy atom. The second-order valence-electron chi connectivity index (χ2n) is 6.53. The maximum atomic E-state index is 12.6. The second kappa shape index (κ2) is 9.04. The average molecular weight is 359 g/mol. The first-order valence-electron chi connectivity index (χ1n) is 9.34. The van der Waals surface area contributed by atoms with Crippen LogP contribution in [0.5, 0.6) is 5.75 Å². The molecule has 0 aromatic heterocycles. The number of anilines is 1. The monoisotopic (exact) mass is 359 g/mol. The van der Waals surface area contributed by atoms with Crippen LogP contribution in [0.2, 0.25) is 0 Å². The van der Waals surface area contributed by atoms with Gasteiger partial charge in [-0.25, -0.2) is 0 Å². The molecule has 0 fully saturated rings. The van der Waals surface area contributed by atoms with Crippen molar-refractivity contribution in [3.63, 3.8) is 0 Å². The molecule has 27 heavy (non-hydrogen) atoms. The van der Waals surface area contributed by atoms with Crippen molar-refractivity contribution in [3.05, 3.63) is 95.1 Å². The Kier molecular flexibility index (Phi) is 6.26. The Labute approximate surface area is 161 Å². The van der Waals surface area contributed by atoms with Crippen LogP contribution in [0.25, 0.3) is 0 Å². The summed E-state index contributed by atoms with van der Waals surface area (Å²) in [7, 11) is 0. The Hall–Kier alpha value is -3.07. The summed E-state index contributed by atoms with van der Waals surface area (Å²) < 4.78 is 5.79. The van der Waals surface area contributed by atoms with Gasteiger partial charge in [0.1, 0.15) is 5.75 Å². The zero-order chi connectivity index (χ0) is 19.1. The third kappa shape index (κ3) is 4.98. The van der Waals surface area contributed by atoms with Crippen molar-refractivity contribution >= 4 is 11.6 Å². The Balaban J connectivity index is 1.59. The van der Waals surface area contributed by atoms with Crippen molar-refractivity contribution in [1.82, 2.24) is 0 Å². The smallest absolute Gasteiger partial charge is 0.255 e. The molecule has 0 atom stereocenters. The van der Waals surface area contributed by atoms with Crippen molar-refractivity contribution in [2.75, 3.05) is 11.9 Å². The second-order valence-corrected chi connectivity index (χ2v) is 6.53. The molecule has 1 amide bonds. The van der Waals surface area contributed by atoms with Crippen LogP contribution in [-0.2, 0) is 12.8 Å². The molecule has 0 saturated heterocycles. The van der Waals surface area contributed by atoms with Gasteiger partial charge >= 0.3 is 0 Å². The molecule has 0 radical (unpaired) electrons. The largest absolute Gasteiger partial charge is 0.493 e. The van der Waals surface area contributed by atoms with Crippen molar-refractivity contribution in [3.8, 4) is 5.75 Å². The van der Waals surface area contributed by atoms with Crippen molar-refractivity contribution < 1.29 is 9.53 Å². The lowest BCUT2D eigenvalue weighted by Gasteiger charge is -2.13. The lowest BCUT2D eigenvalue weighted by Crippen LogP contribution is -2.14. The topological polar surface area (TPSA) is 38.3 Å². The van der Waals surface area contributed by atoms with E-state index in [1.807, 2.05) is 55.5 Å². The molecule has 3 rings (SSSR count). The predicted molar refractivity (Wildman–Crippen MR) is 111 cm³/mol. The molecule has 138 valence electrons. The lowest BCUT2D eigenvalue weighted by molar-refractivity contribution is 0.102. The minimum atomic E-state index is -0.102. The van der Waals surface area contributed by atoms with Gasteiger partial charge in [0.15, 0.2) is 0 Å². The van der Waals surface area contributed by atoms with Gasteiger partial charge in [-0.1, -0.05) is 55.5 Å². The third-order valence-corrected chi connectivity index (χ3v) is 4.60. The standard InChI is InChI=1S/C24H25NO2/c1-3-20-11-7-8-18(2)23(20)25-24(26)21-12-14-22(15-13-21)27-17-16-19-9-5-4-6-10-19/h4-15H,3,16-17H2,1-2H3,(H,25,26). The highest BCUT2D eigenvalue weighted by Crippen LogP contribution is 2.22. The normalized spacial score (nSPS) is 10.4. The summed E-state index contributed by atoms with van der Waals surface area (Å²) in [5, 5.41) is 3.05. The Morgan fingerprint density at radius 3 is 2.37 bits per heavy atom. The number of carbonyl (C=O) groups is 1. The van der Waals surface area contributed by atoms with Gasteiger partial charge in [-0.05, 0) is 54.3 Å². The molecule has 3 aromatic rings. The van der Waals surface area contributed by atoms with Crippen LogP contribution in [0.1, 0.15) is 34.0 Å². The van der Waals surface area contributed by atoms with Crippen LogP contribution in [-0.4, -0.2) is 12.5 Å². The van der Waals surface area contributed by atoms with Gasteiger partial charge in [-0.3, -0.25) is 4.79 Å². The minimum absolute atomic E-state index is 0.102. The number of hydrogen-bond donors (Lipinski definition) is 1. The van der Waals surface area contributed by atoms with E-state index in [1.165, 1.54) is 5.56 Å². The molecule has 3 nitrogen and oxygen atoms in total. The first-order chi connectivity index (χ1) is 13.2. The minimum Gasteiger partial charge on any atom is -0.493 e. The molecule has 0 heterocycles. The maximum Gasteiger partial charge on any atom is 0.255 e. The van der Waals surface area contributed by atoms with Crippen LogP contribution in [0.3, 0.4) is 0 Å². The lowest BCUT2D eigenvalue weighted by atomic mass is 10.1. The molecule has 0 aliphatic heterocycles. The van der Waals surface area contributed by atoms with Gasteiger partial charge in [-0.2, -0.15) is 0 Å². The van der Waals surface area contributed by atoms with E-state index in [2.05, 4.69) is 24.4 Å². The van der Waals surface area contributed by atoms with Crippen LogP contribution in [0, 0.1) is 6.92 Å². The fourth-order valence-corrected chi connectivity index (χ4v) is 3.02. The van der Waals surface area contributed by atoms with E-state index in [0.29, 0.717) is 12.2 Å². The first-order valence-corrected chi connectivity index (χ1v) is 9.34. The highest BCUT2D eigenvalue weighted by molar-refractivity contribution is 6.05. The molecule has 0 bridgehead atoms. The van der Waals surface area contributed by atoms with E-state index >= 15 is 0 Å². The molecule has 3 aromatic carbocycles. The zero-order valence-corrected chi connectivity index (χ0v) is 15.9. The van der Waals surface area contributed by atoms with Crippen molar-refractivity contribution in [2.24, 2.45) is 0 Å². The Morgan fingerprint density at radius 2 is 1.67 bits per heavy atom. The van der Waals surface area contributed by atoms with E-state index in [-0.39, 0.29) is 5.91 Å². The van der Waals surface area contributed by atoms with Crippen LogP contribution in [0.15, 0.2) is 72.8 Å². The fraction of sp³-hybridized carbons (Fsp3) is 0.208. The van der Waals surface area contributed by atoms with Crippen molar-refractivity contribution in [1.29, 1.82) is 0 Å². The van der Waals surface area contributed by atoms with Gasteiger partial charge < -0.3 is 10.1 Å². The summed E-state index contributed by atoms with van der Waals surface area (Å²) in [6.07, 6.45) is 1.74. The van der Waals surface area contributed by atoms with Gasteiger partial charge in [0.2, 0.25) is 0 Å². The number of amides is 1. The number of nitrogens with one attached hydrogen (secondary N) is 1. The third-order valence-electron chi connectivity index (χ3n) is 4.60. The predicted octanol–water partition coefficient (Wildman–Crippen LogP) is 5.43. The van der Waals surface area contributed by atoms with E-state index in [9.17, 15) is 4.79 Å². The van der Waals surface area contributed by atoms with Gasteiger partial charge in [0.05, 0.1) is 6.61 Å². The number of rotatable bonds is 7. The van der Waals surface area contributed by atoms with Crippen LogP contribution >= 0.6 is 0 Å². The SMILES string of the molecule is CCc1cccc(C)c1NC(=O)c1ccc(OCCc2ccccc2)cc1. The number of carbonyl (C=O) groups excluding carboxylic acids is 1. The summed E-state index contributed by atoms with van der Waals surface area (Å²) >= 11 is 0. The van der Waals surface area contributed by atoms with E-state index in [1.54, 1.807) is 12.1 Å². The molecular formula is C24H25NO2. The van der Waals surface area contributed by atoms with Gasteiger partial charge in [-0.15, -0.1) is 0 Å². The molecular weight excluding hydrogens is 334 g/mol. The molecule has 1 N–H and O–H groups in total. The number of hydrogen-bond acceptors (Lipinski definition) is 2. The zero-order valence-electron chi connectivity index (χ0n) is 15.9. The first kappa shape index (κ1) is 18.7. The van der Waals surface area contributed by atoms with E-state index in [0.717, 1.165) is 35.4 Å². The molecule has 0 unspecified atom stereocenters. The summed E-state index contributed by atoms with van der Waals surface area (Å²) in [6.45, 7) is 4.71. The molecule has 0 saturated carbocycles. The number of para-hydroxylation sites is 1. The molecule has 0 aliphatic rings. The van der Waals surface area contributed by atoms with Crippen LogP contribution in [0.4, 0.5) is 5.69 Å². The summed E-state index contributed by atoms with van der Waals surface area (Å²) in [6, 6.07) is 23.6. The quantitative estimate of drug-likeness (QED) is 0.611. The maximum absolute atomic E-state index is 12.6. The van der Waals surface area contributed by atoms with Gasteiger partial charge in [0, 0.05) is 17.7 Å². The number of benzene rings is 3. The number of ether oxygens (including phenoxy) is 1. The average Bonchev–Trinajstić information content (AvgIpc) is 2.71. The van der Waals surface area contributed by atoms with Gasteiger partial charge in [0.25, 0.3) is 5.91 Å². The number of aryl methyl sites for hydroxylation is 2. The summed E-state index contributed by atoms with van der Waals surface area (Å²) in [5.41, 5.74) is 5.00. The molecule has 0 spiro atoms.